The molecule has 134 valence electrons. The van der Waals surface area contributed by atoms with Gasteiger partial charge in [0, 0.05) is 24.2 Å². The summed E-state index contributed by atoms with van der Waals surface area (Å²) in [6.45, 7) is 1.20. The van der Waals surface area contributed by atoms with E-state index in [1.165, 1.54) is 12.1 Å². The minimum atomic E-state index is -0.390. The van der Waals surface area contributed by atoms with Crippen LogP contribution in [0.4, 0.5) is 4.39 Å². The number of oxazole rings is 1. The predicted molar refractivity (Wildman–Crippen MR) is 98.2 cm³/mol. The number of nitrogens with one attached hydrogen (secondary N) is 1. The van der Waals surface area contributed by atoms with Gasteiger partial charge in [0.2, 0.25) is 5.89 Å². The first-order chi connectivity index (χ1) is 12.5. The molecule has 0 unspecified atom stereocenters. The smallest absolute Gasteiger partial charge is 0.273 e. The summed E-state index contributed by atoms with van der Waals surface area (Å²) in [6.07, 6.45) is 0. The molecule has 0 spiro atoms. The van der Waals surface area contributed by atoms with Crippen molar-refractivity contribution in [3.05, 3.63) is 66.1 Å². The highest BCUT2D eigenvalue weighted by Gasteiger charge is 2.22. The lowest BCUT2D eigenvalue weighted by Gasteiger charge is -2.09. The van der Waals surface area contributed by atoms with Crippen molar-refractivity contribution in [2.24, 2.45) is 0 Å². The molecule has 1 aromatic heterocycles. The Morgan fingerprint density at radius 3 is 2.54 bits per heavy atom. The van der Waals surface area contributed by atoms with Crippen LogP contribution in [0.2, 0.25) is 0 Å². The van der Waals surface area contributed by atoms with E-state index >= 15 is 0 Å². The Hall–Kier alpha value is -2.99. The van der Waals surface area contributed by atoms with Crippen LogP contribution in [0.5, 0.6) is 0 Å². The van der Waals surface area contributed by atoms with Gasteiger partial charge in [-0.3, -0.25) is 4.79 Å². The van der Waals surface area contributed by atoms with Crippen molar-refractivity contribution in [1.82, 2.24) is 15.2 Å². The van der Waals surface area contributed by atoms with Crippen molar-refractivity contribution in [3.8, 4) is 22.8 Å². The number of likely N-dealkylation sites (N-methyl/N-ethyl adjacent to an activating group) is 1. The van der Waals surface area contributed by atoms with E-state index in [0.717, 1.165) is 5.56 Å². The van der Waals surface area contributed by atoms with E-state index in [2.05, 4.69) is 10.3 Å². The molecular weight excluding hydrogens is 333 g/mol. The van der Waals surface area contributed by atoms with Gasteiger partial charge in [-0.05, 0) is 32.3 Å². The van der Waals surface area contributed by atoms with Gasteiger partial charge in [-0.2, -0.15) is 0 Å². The van der Waals surface area contributed by atoms with E-state index in [-0.39, 0.29) is 23.3 Å². The van der Waals surface area contributed by atoms with Gasteiger partial charge in [-0.15, -0.1) is 0 Å². The zero-order valence-electron chi connectivity index (χ0n) is 14.7. The summed E-state index contributed by atoms with van der Waals surface area (Å²) in [5, 5.41) is 2.84. The standard InChI is InChI=1S/C20H20FN3O2/c1-24(2)12-11-22-19(25)17-18(14-7-4-3-5-8-14)26-20(23-17)15-9-6-10-16(21)13-15/h3-10,13H,11-12H2,1-2H3,(H,22,25). The van der Waals surface area contributed by atoms with Crippen molar-refractivity contribution >= 4 is 5.91 Å². The minimum absolute atomic E-state index is 0.189. The molecule has 0 radical (unpaired) electrons. The Morgan fingerprint density at radius 2 is 1.85 bits per heavy atom. The lowest BCUT2D eigenvalue weighted by atomic mass is 10.1. The third kappa shape index (κ3) is 4.15. The van der Waals surface area contributed by atoms with Gasteiger partial charge in [0.15, 0.2) is 11.5 Å². The maximum absolute atomic E-state index is 13.5. The van der Waals surface area contributed by atoms with Gasteiger partial charge >= 0.3 is 0 Å². The molecule has 5 nitrogen and oxygen atoms in total. The first kappa shape index (κ1) is 17.8. The number of carbonyl (C=O) groups is 1. The monoisotopic (exact) mass is 353 g/mol. The van der Waals surface area contributed by atoms with Gasteiger partial charge in [-0.1, -0.05) is 36.4 Å². The summed E-state index contributed by atoms with van der Waals surface area (Å²) >= 11 is 0. The van der Waals surface area contributed by atoms with Gasteiger partial charge in [0.05, 0.1) is 0 Å². The molecule has 0 fully saturated rings. The van der Waals surface area contributed by atoms with Crippen molar-refractivity contribution < 1.29 is 13.6 Å². The molecule has 6 heteroatoms. The van der Waals surface area contributed by atoms with Crippen molar-refractivity contribution in [1.29, 1.82) is 0 Å². The zero-order valence-corrected chi connectivity index (χ0v) is 14.7. The van der Waals surface area contributed by atoms with Crippen LogP contribution in [0.15, 0.2) is 59.0 Å². The fourth-order valence-corrected chi connectivity index (χ4v) is 2.48. The highest BCUT2D eigenvalue weighted by Crippen LogP contribution is 2.30. The van der Waals surface area contributed by atoms with Crippen LogP contribution < -0.4 is 5.32 Å². The number of aromatic nitrogens is 1. The van der Waals surface area contributed by atoms with Crippen LogP contribution in [0.25, 0.3) is 22.8 Å². The number of hydrogen-bond donors (Lipinski definition) is 1. The number of carbonyl (C=O) groups excluding carboxylic acids is 1. The van der Waals surface area contributed by atoms with Gasteiger partial charge < -0.3 is 14.6 Å². The second kappa shape index (κ2) is 7.93. The quantitative estimate of drug-likeness (QED) is 0.737. The van der Waals surface area contributed by atoms with Crippen molar-refractivity contribution in [2.45, 2.75) is 0 Å². The second-order valence-corrected chi connectivity index (χ2v) is 6.13. The average molecular weight is 353 g/mol. The highest BCUT2D eigenvalue weighted by atomic mass is 19.1. The molecule has 1 heterocycles. The van der Waals surface area contributed by atoms with E-state index in [1.807, 2.05) is 49.3 Å². The lowest BCUT2D eigenvalue weighted by molar-refractivity contribution is 0.0947. The van der Waals surface area contributed by atoms with Crippen LogP contribution in [-0.4, -0.2) is 43.0 Å². The Kier molecular flexibility index (Phi) is 5.43. The van der Waals surface area contributed by atoms with Crippen LogP contribution in [0, 0.1) is 5.82 Å². The number of rotatable bonds is 6. The van der Waals surface area contributed by atoms with Crippen molar-refractivity contribution in [2.75, 3.05) is 27.2 Å². The second-order valence-electron chi connectivity index (χ2n) is 6.13. The maximum atomic E-state index is 13.5. The average Bonchev–Trinajstić information content (AvgIpc) is 3.07. The fourth-order valence-electron chi connectivity index (χ4n) is 2.48. The number of amides is 1. The number of hydrogen-bond acceptors (Lipinski definition) is 4. The Balaban J connectivity index is 1.97. The summed E-state index contributed by atoms with van der Waals surface area (Å²) in [5.74, 6) is -0.135. The topological polar surface area (TPSA) is 58.4 Å². The lowest BCUT2D eigenvalue weighted by Crippen LogP contribution is -2.31. The summed E-state index contributed by atoms with van der Waals surface area (Å²) in [5.41, 5.74) is 1.41. The van der Waals surface area contributed by atoms with Crippen LogP contribution in [0.3, 0.4) is 0 Å². The summed E-state index contributed by atoms with van der Waals surface area (Å²) in [6, 6.07) is 15.2. The SMILES string of the molecule is CN(C)CCNC(=O)c1nc(-c2cccc(F)c2)oc1-c1ccccc1. The van der Waals surface area contributed by atoms with E-state index < -0.39 is 0 Å². The van der Waals surface area contributed by atoms with E-state index in [0.29, 0.717) is 24.4 Å². The molecule has 0 saturated carbocycles. The van der Waals surface area contributed by atoms with Gasteiger partial charge in [0.25, 0.3) is 5.91 Å². The Morgan fingerprint density at radius 1 is 1.12 bits per heavy atom. The summed E-state index contributed by atoms with van der Waals surface area (Å²) in [7, 11) is 3.86. The van der Waals surface area contributed by atoms with E-state index in [9.17, 15) is 9.18 Å². The normalized spacial score (nSPS) is 10.9. The molecular formula is C20H20FN3O2. The highest BCUT2D eigenvalue weighted by molar-refractivity contribution is 5.98. The number of nitrogens with zero attached hydrogens (tertiary/aromatic N) is 2. The summed E-state index contributed by atoms with van der Waals surface area (Å²) in [4.78, 5) is 18.9. The Bertz CT molecular complexity index is 891. The first-order valence-electron chi connectivity index (χ1n) is 8.29. The maximum Gasteiger partial charge on any atom is 0.273 e. The third-order valence-electron chi connectivity index (χ3n) is 3.79. The van der Waals surface area contributed by atoms with Gasteiger partial charge in [0.1, 0.15) is 5.82 Å². The first-order valence-corrected chi connectivity index (χ1v) is 8.29. The molecule has 3 aromatic rings. The van der Waals surface area contributed by atoms with Crippen LogP contribution in [-0.2, 0) is 0 Å². The molecule has 1 amide bonds. The molecule has 1 N–H and O–H groups in total. The minimum Gasteiger partial charge on any atom is -0.435 e. The van der Waals surface area contributed by atoms with Crippen molar-refractivity contribution in [3.63, 3.8) is 0 Å². The molecule has 0 aliphatic carbocycles. The zero-order chi connectivity index (χ0) is 18.5. The molecule has 0 aliphatic rings. The predicted octanol–water partition coefficient (Wildman–Crippen LogP) is 3.44. The van der Waals surface area contributed by atoms with E-state index in [4.69, 9.17) is 4.42 Å². The largest absolute Gasteiger partial charge is 0.435 e. The summed E-state index contributed by atoms with van der Waals surface area (Å²) < 4.78 is 19.4. The van der Waals surface area contributed by atoms with Crippen LogP contribution in [0.1, 0.15) is 10.5 Å². The van der Waals surface area contributed by atoms with Crippen LogP contribution >= 0.6 is 0 Å². The molecule has 0 aliphatic heterocycles. The molecule has 0 saturated heterocycles. The molecule has 0 bridgehead atoms. The van der Waals surface area contributed by atoms with Gasteiger partial charge in [-0.25, -0.2) is 9.37 Å². The fraction of sp³-hybridized carbons (Fsp3) is 0.200. The Labute approximate surface area is 151 Å². The molecule has 3 rings (SSSR count). The van der Waals surface area contributed by atoms with E-state index in [1.54, 1.807) is 12.1 Å². The number of benzene rings is 2. The molecule has 2 aromatic carbocycles. The molecule has 26 heavy (non-hydrogen) atoms. The molecule has 0 atom stereocenters. The number of halogens is 1. The third-order valence-corrected chi connectivity index (χ3v) is 3.79.